The fraction of sp³-hybridized carbons (Fsp3) is 0.429. The maximum atomic E-state index is 13.0. The van der Waals surface area contributed by atoms with Gasteiger partial charge in [0.25, 0.3) is 5.91 Å². The Balaban J connectivity index is 1.87. The van der Waals surface area contributed by atoms with Crippen LogP contribution in [0.4, 0.5) is 13.2 Å². The summed E-state index contributed by atoms with van der Waals surface area (Å²) in [6, 6.07) is 8.59. The Bertz CT molecular complexity index is 549. The van der Waals surface area contributed by atoms with Gasteiger partial charge in [0.2, 0.25) is 0 Å². The quantitative estimate of drug-likeness (QED) is 0.819. The Labute approximate surface area is 114 Å². The number of hydrogen-bond acceptors (Lipinski definition) is 2. The van der Waals surface area contributed by atoms with Gasteiger partial charge < -0.3 is 0 Å². The van der Waals surface area contributed by atoms with Crippen molar-refractivity contribution in [3.05, 3.63) is 35.9 Å². The lowest BCUT2D eigenvalue weighted by atomic mass is 10.0. The summed E-state index contributed by atoms with van der Waals surface area (Å²) in [5.41, 5.74) is -1.40. The zero-order valence-corrected chi connectivity index (χ0v) is 10.6. The standard InChI is InChI=1S/C14H13F3N2O/c15-14(16,17)13(7-8-13)12(20)19-11(6-9-18-19)10-4-2-1-3-5-10/h1-5,9,11H,6-8H2. The first kappa shape index (κ1) is 13.1. The van der Waals surface area contributed by atoms with Crippen molar-refractivity contribution in [3.63, 3.8) is 0 Å². The van der Waals surface area contributed by atoms with Crippen LogP contribution in [0.1, 0.15) is 30.9 Å². The van der Waals surface area contributed by atoms with Crippen LogP contribution in [0.5, 0.6) is 0 Å². The van der Waals surface area contributed by atoms with Crippen molar-refractivity contribution in [1.82, 2.24) is 5.01 Å². The summed E-state index contributed by atoms with van der Waals surface area (Å²) in [4.78, 5) is 12.3. The molecule has 0 spiro atoms. The molecule has 20 heavy (non-hydrogen) atoms. The van der Waals surface area contributed by atoms with Gasteiger partial charge in [0.1, 0.15) is 5.41 Å². The smallest absolute Gasteiger partial charge is 0.272 e. The van der Waals surface area contributed by atoms with Crippen LogP contribution >= 0.6 is 0 Å². The topological polar surface area (TPSA) is 32.7 Å². The predicted octanol–water partition coefficient (Wildman–Crippen LogP) is 3.29. The molecular formula is C14H13F3N2O. The van der Waals surface area contributed by atoms with Crippen LogP contribution in [0.2, 0.25) is 0 Å². The van der Waals surface area contributed by atoms with E-state index in [1.54, 1.807) is 24.3 Å². The van der Waals surface area contributed by atoms with Gasteiger partial charge in [0.05, 0.1) is 6.04 Å². The van der Waals surface area contributed by atoms with Crippen molar-refractivity contribution in [3.8, 4) is 0 Å². The monoisotopic (exact) mass is 282 g/mol. The average Bonchev–Trinajstić information content (AvgIpc) is 3.10. The minimum absolute atomic E-state index is 0.136. The Hall–Kier alpha value is -1.85. The van der Waals surface area contributed by atoms with Crippen LogP contribution in [0, 0.1) is 5.41 Å². The van der Waals surface area contributed by atoms with Crippen LogP contribution in [0.15, 0.2) is 35.4 Å². The molecule has 6 heteroatoms. The zero-order chi connectivity index (χ0) is 14.4. The summed E-state index contributed by atoms with van der Waals surface area (Å²) in [6.07, 6.45) is -2.82. The minimum atomic E-state index is -4.50. The maximum absolute atomic E-state index is 13.0. The largest absolute Gasteiger partial charge is 0.403 e. The van der Waals surface area contributed by atoms with E-state index in [0.29, 0.717) is 6.42 Å². The van der Waals surface area contributed by atoms with Crippen LogP contribution in [-0.4, -0.2) is 23.3 Å². The van der Waals surface area contributed by atoms with Gasteiger partial charge in [-0.25, -0.2) is 5.01 Å². The normalized spacial score (nSPS) is 23.9. The summed E-state index contributed by atoms with van der Waals surface area (Å²) in [5.74, 6) is -0.924. The molecule has 0 radical (unpaired) electrons. The van der Waals surface area contributed by atoms with E-state index in [2.05, 4.69) is 5.10 Å². The molecule has 3 rings (SSSR count). The van der Waals surface area contributed by atoms with Gasteiger partial charge in [-0.15, -0.1) is 0 Å². The number of carbonyl (C=O) groups excluding carboxylic acids is 1. The van der Waals surface area contributed by atoms with E-state index in [1.807, 2.05) is 6.07 Å². The summed E-state index contributed by atoms with van der Waals surface area (Å²) in [6.45, 7) is 0. The molecule has 1 aromatic rings. The molecule has 1 aliphatic carbocycles. The van der Waals surface area contributed by atoms with Gasteiger partial charge in [-0.1, -0.05) is 30.3 Å². The van der Waals surface area contributed by atoms with E-state index in [1.165, 1.54) is 6.21 Å². The molecule has 1 fully saturated rings. The first-order chi connectivity index (χ1) is 9.46. The van der Waals surface area contributed by atoms with E-state index in [-0.39, 0.29) is 12.8 Å². The SMILES string of the molecule is O=C(N1N=CCC1c1ccccc1)C1(C(F)(F)F)CC1. The number of hydrazone groups is 1. The molecule has 1 aliphatic heterocycles. The number of alkyl halides is 3. The van der Waals surface area contributed by atoms with Gasteiger partial charge in [0.15, 0.2) is 0 Å². The third-order valence-electron chi connectivity index (χ3n) is 3.92. The Kier molecular flexibility index (Phi) is 2.84. The van der Waals surface area contributed by atoms with Gasteiger partial charge in [0, 0.05) is 12.6 Å². The van der Waals surface area contributed by atoms with E-state index < -0.39 is 23.5 Å². The Morgan fingerprint density at radius 3 is 2.45 bits per heavy atom. The van der Waals surface area contributed by atoms with Crippen LogP contribution in [0.3, 0.4) is 0 Å². The lowest BCUT2D eigenvalue weighted by Crippen LogP contribution is -2.42. The molecule has 1 atom stereocenters. The van der Waals surface area contributed by atoms with Gasteiger partial charge in [-0.05, 0) is 18.4 Å². The number of rotatable bonds is 2. The number of carbonyl (C=O) groups is 1. The predicted molar refractivity (Wildman–Crippen MR) is 66.9 cm³/mol. The average molecular weight is 282 g/mol. The molecule has 0 N–H and O–H groups in total. The lowest BCUT2D eigenvalue weighted by molar-refractivity contribution is -0.199. The van der Waals surface area contributed by atoms with Crippen molar-refractivity contribution >= 4 is 12.1 Å². The summed E-state index contributed by atoms with van der Waals surface area (Å²) in [5, 5.41) is 4.88. The Morgan fingerprint density at radius 2 is 1.90 bits per heavy atom. The van der Waals surface area contributed by atoms with Crippen LogP contribution in [-0.2, 0) is 4.79 Å². The van der Waals surface area contributed by atoms with E-state index in [0.717, 1.165) is 10.6 Å². The molecular weight excluding hydrogens is 269 g/mol. The number of benzene rings is 1. The second-order valence-corrected chi connectivity index (χ2v) is 5.19. The number of nitrogens with zero attached hydrogens (tertiary/aromatic N) is 2. The van der Waals surface area contributed by atoms with Crippen molar-refractivity contribution in [2.75, 3.05) is 0 Å². The molecule has 0 bridgehead atoms. The highest BCUT2D eigenvalue weighted by Gasteiger charge is 2.70. The molecule has 1 heterocycles. The number of halogens is 3. The molecule has 3 nitrogen and oxygen atoms in total. The van der Waals surface area contributed by atoms with E-state index in [4.69, 9.17) is 0 Å². The van der Waals surface area contributed by atoms with E-state index >= 15 is 0 Å². The molecule has 1 aromatic carbocycles. The van der Waals surface area contributed by atoms with Crippen molar-refractivity contribution < 1.29 is 18.0 Å². The summed E-state index contributed by atoms with van der Waals surface area (Å²) < 4.78 is 39.1. The minimum Gasteiger partial charge on any atom is -0.272 e. The van der Waals surface area contributed by atoms with Gasteiger partial charge >= 0.3 is 6.18 Å². The van der Waals surface area contributed by atoms with Crippen molar-refractivity contribution in [1.29, 1.82) is 0 Å². The first-order valence-electron chi connectivity index (χ1n) is 6.43. The molecule has 1 amide bonds. The second kappa shape index (κ2) is 4.33. The molecule has 0 aromatic heterocycles. The van der Waals surface area contributed by atoms with Crippen LogP contribution in [0.25, 0.3) is 0 Å². The molecule has 1 saturated carbocycles. The van der Waals surface area contributed by atoms with Crippen LogP contribution < -0.4 is 0 Å². The third-order valence-corrected chi connectivity index (χ3v) is 3.92. The van der Waals surface area contributed by atoms with Gasteiger partial charge in [-0.3, -0.25) is 4.79 Å². The number of hydrogen-bond donors (Lipinski definition) is 0. The molecule has 106 valence electrons. The summed E-state index contributed by atoms with van der Waals surface area (Å²) >= 11 is 0. The second-order valence-electron chi connectivity index (χ2n) is 5.19. The zero-order valence-electron chi connectivity index (χ0n) is 10.6. The highest BCUT2D eigenvalue weighted by molar-refractivity contribution is 5.88. The fourth-order valence-corrected chi connectivity index (χ4v) is 2.52. The number of amides is 1. The van der Waals surface area contributed by atoms with Gasteiger partial charge in [-0.2, -0.15) is 18.3 Å². The lowest BCUT2D eigenvalue weighted by Gasteiger charge is -2.27. The van der Waals surface area contributed by atoms with Crippen molar-refractivity contribution in [2.45, 2.75) is 31.5 Å². The third kappa shape index (κ3) is 1.90. The molecule has 0 saturated heterocycles. The highest BCUT2D eigenvalue weighted by Crippen LogP contribution is 2.59. The van der Waals surface area contributed by atoms with Crippen molar-refractivity contribution in [2.24, 2.45) is 10.5 Å². The molecule has 2 aliphatic rings. The Morgan fingerprint density at radius 1 is 1.25 bits per heavy atom. The molecule has 1 unspecified atom stereocenters. The highest BCUT2D eigenvalue weighted by atomic mass is 19.4. The first-order valence-corrected chi connectivity index (χ1v) is 6.43. The summed E-state index contributed by atoms with van der Waals surface area (Å²) in [7, 11) is 0. The fourth-order valence-electron chi connectivity index (χ4n) is 2.52. The van der Waals surface area contributed by atoms with E-state index in [9.17, 15) is 18.0 Å². The maximum Gasteiger partial charge on any atom is 0.403 e.